The Morgan fingerprint density at radius 1 is 0.339 bits per heavy atom. The van der Waals surface area contributed by atoms with Crippen molar-refractivity contribution < 1.29 is 28.6 Å². The van der Waals surface area contributed by atoms with E-state index in [1.807, 2.05) is 12.2 Å². The van der Waals surface area contributed by atoms with E-state index < -0.39 is 12.1 Å². The average Bonchev–Trinajstić information content (AvgIpc) is 3.27. The van der Waals surface area contributed by atoms with Gasteiger partial charge >= 0.3 is 17.9 Å². The van der Waals surface area contributed by atoms with Crippen LogP contribution in [0.5, 0.6) is 0 Å². The van der Waals surface area contributed by atoms with Crippen molar-refractivity contribution >= 4 is 17.9 Å². The number of hydrogen-bond donors (Lipinski definition) is 0. The van der Waals surface area contributed by atoms with Gasteiger partial charge in [-0.2, -0.15) is 0 Å². The molecular formula is C56H92O6. The lowest BCUT2D eigenvalue weighted by Gasteiger charge is -2.18. The highest BCUT2D eigenvalue weighted by molar-refractivity contribution is 5.71. The highest BCUT2D eigenvalue weighted by Crippen LogP contribution is 2.14. The van der Waals surface area contributed by atoms with E-state index in [9.17, 15) is 14.4 Å². The fourth-order valence-electron chi connectivity index (χ4n) is 6.62. The zero-order valence-electron chi connectivity index (χ0n) is 40.1. The van der Waals surface area contributed by atoms with Crippen molar-refractivity contribution in [3.05, 3.63) is 97.2 Å². The molecule has 0 radical (unpaired) electrons. The van der Waals surface area contributed by atoms with E-state index >= 15 is 0 Å². The number of rotatable bonds is 44. The van der Waals surface area contributed by atoms with E-state index in [1.165, 1.54) is 83.5 Å². The summed E-state index contributed by atoms with van der Waals surface area (Å²) in [4.78, 5) is 37.6. The summed E-state index contributed by atoms with van der Waals surface area (Å²) < 4.78 is 16.6. The Hall–Kier alpha value is -3.67. The van der Waals surface area contributed by atoms with Crippen LogP contribution in [0.4, 0.5) is 0 Å². The molecule has 0 rings (SSSR count). The summed E-state index contributed by atoms with van der Waals surface area (Å²) in [6.45, 7) is 6.27. The number of unbranched alkanes of at least 4 members (excludes halogenated alkanes) is 17. The molecule has 0 aromatic carbocycles. The van der Waals surface area contributed by atoms with Crippen LogP contribution in [0.25, 0.3) is 0 Å². The standard InChI is InChI=1S/C56H92O6/c1-4-7-10-13-16-18-20-22-23-24-25-26-27-28-29-30-31-32-33-35-36-38-40-43-46-49-55(58)61-52-53(51-60-54(57)48-45-42-15-12-9-6-3)62-56(59)50-47-44-41-39-37-34-21-19-17-14-11-8-5-2/h7-8,10-11,16-19,22-23,25-26,34,37,41,44,53H,4-6,9,12-15,20-21,24,27-33,35-36,38-40,42-43,45-52H2,1-3H3/b10-7-,11-8-,18-16-,19-17-,23-22-,26-25-,37-34-,44-41-. The minimum Gasteiger partial charge on any atom is -0.462 e. The van der Waals surface area contributed by atoms with Crippen LogP contribution in [0.15, 0.2) is 97.2 Å². The molecule has 0 saturated carbocycles. The number of esters is 3. The number of carbonyl (C=O) groups is 3. The van der Waals surface area contributed by atoms with Gasteiger partial charge in [-0.05, 0) is 83.5 Å². The van der Waals surface area contributed by atoms with Crippen molar-refractivity contribution in [1.29, 1.82) is 0 Å². The van der Waals surface area contributed by atoms with E-state index in [-0.39, 0.29) is 31.6 Å². The summed E-state index contributed by atoms with van der Waals surface area (Å²) in [7, 11) is 0. The summed E-state index contributed by atoms with van der Waals surface area (Å²) >= 11 is 0. The second kappa shape index (κ2) is 50.0. The highest BCUT2D eigenvalue weighted by Gasteiger charge is 2.19. The molecule has 352 valence electrons. The largest absolute Gasteiger partial charge is 0.462 e. The van der Waals surface area contributed by atoms with Gasteiger partial charge < -0.3 is 14.2 Å². The molecule has 62 heavy (non-hydrogen) atoms. The maximum absolute atomic E-state index is 12.7. The molecule has 0 N–H and O–H groups in total. The fraction of sp³-hybridized carbons (Fsp3) is 0.661. The summed E-state index contributed by atoms with van der Waals surface area (Å²) in [6, 6.07) is 0. The monoisotopic (exact) mass is 861 g/mol. The number of hydrogen-bond acceptors (Lipinski definition) is 6. The minimum atomic E-state index is -0.812. The van der Waals surface area contributed by atoms with Crippen LogP contribution >= 0.6 is 0 Å². The normalized spacial score (nSPS) is 12.9. The first-order valence-electron chi connectivity index (χ1n) is 25.2. The lowest BCUT2D eigenvalue weighted by atomic mass is 10.0. The smallest absolute Gasteiger partial charge is 0.306 e. The number of carbonyl (C=O) groups excluding carboxylic acids is 3. The lowest BCUT2D eigenvalue weighted by molar-refractivity contribution is -0.166. The van der Waals surface area contributed by atoms with E-state index in [4.69, 9.17) is 14.2 Å². The van der Waals surface area contributed by atoms with E-state index in [1.54, 1.807) is 0 Å². The van der Waals surface area contributed by atoms with Crippen molar-refractivity contribution in [3.8, 4) is 0 Å². The van der Waals surface area contributed by atoms with Crippen LogP contribution in [-0.4, -0.2) is 37.2 Å². The van der Waals surface area contributed by atoms with Gasteiger partial charge in [0.15, 0.2) is 6.10 Å². The third kappa shape index (κ3) is 47.4. The molecule has 0 saturated heterocycles. The summed E-state index contributed by atoms with van der Waals surface area (Å²) in [5.41, 5.74) is 0. The van der Waals surface area contributed by atoms with Gasteiger partial charge in [0.2, 0.25) is 0 Å². The number of allylic oxidation sites excluding steroid dienone is 16. The Labute approximate surface area is 381 Å². The lowest BCUT2D eigenvalue weighted by Crippen LogP contribution is -2.30. The summed E-state index contributed by atoms with van der Waals surface area (Å²) in [5, 5.41) is 0. The molecule has 0 spiro atoms. The zero-order chi connectivity index (χ0) is 45.1. The fourth-order valence-corrected chi connectivity index (χ4v) is 6.62. The molecular weight excluding hydrogens is 769 g/mol. The molecule has 6 heteroatoms. The van der Waals surface area contributed by atoms with Crippen LogP contribution < -0.4 is 0 Å². The molecule has 0 heterocycles. The average molecular weight is 861 g/mol. The molecule has 0 aliphatic heterocycles. The predicted molar refractivity (Wildman–Crippen MR) is 265 cm³/mol. The van der Waals surface area contributed by atoms with E-state index in [2.05, 4.69) is 106 Å². The van der Waals surface area contributed by atoms with Gasteiger partial charge in [0.25, 0.3) is 0 Å². The van der Waals surface area contributed by atoms with Crippen molar-refractivity contribution in [3.63, 3.8) is 0 Å². The molecule has 1 atom stereocenters. The Bertz CT molecular complexity index is 1260. The van der Waals surface area contributed by atoms with Crippen LogP contribution in [-0.2, 0) is 28.6 Å². The van der Waals surface area contributed by atoms with Crippen LogP contribution in [0.2, 0.25) is 0 Å². The molecule has 0 amide bonds. The summed E-state index contributed by atoms with van der Waals surface area (Å²) in [6.07, 6.45) is 65.9. The van der Waals surface area contributed by atoms with Crippen molar-refractivity contribution in [2.45, 2.75) is 226 Å². The molecule has 0 aliphatic rings. The van der Waals surface area contributed by atoms with Crippen LogP contribution in [0.1, 0.15) is 220 Å². The Morgan fingerprint density at radius 2 is 0.661 bits per heavy atom. The Morgan fingerprint density at radius 3 is 1.05 bits per heavy atom. The second-order valence-electron chi connectivity index (χ2n) is 16.3. The molecule has 6 nitrogen and oxygen atoms in total. The van der Waals surface area contributed by atoms with Crippen LogP contribution in [0, 0.1) is 0 Å². The van der Waals surface area contributed by atoms with Gasteiger partial charge in [-0.1, -0.05) is 214 Å². The van der Waals surface area contributed by atoms with Gasteiger partial charge in [-0.25, -0.2) is 0 Å². The molecule has 0 aliphatic carbocycles. The third-order valence-corrected chi connectivity index (χ3v) is 10.3. The zero-order valence-corrected chi connectivity index (χ0v) is 40.1. The van der Waals surface area contributed by atoms with Crippen molar-refractivity contribution in [1.82, 2.24) is 0 Å². The molecule has 0 aromatic rings. The first-order chi connectivity index (χ1) is 30.5. The van der Waals surface area contributed by atoms with Gasteiger partial charge in [-0.15, -0.1) is 0 Å². The third-order valence-electron chi connectivity index (χ3n) is 10.3. The van der Waals surface area contributed by atoms with Gasteiger partial charge in [0.1, 0.15) is 13.2 Å². The predicted octanol–water partition coefficient (Wildman–Crippen LogP) is 16.6. The van der Waals surface area contributed by atoms with Crippen LogP contribution in [0.3, 0.4) is 0 Å². The first kappa shape index (κ1) is 58.3. The van der Waals surface area contributed by atoms with Crippen molar-refractivity contribution in [2.75, 3.05) is 13.2 Å². The van der Waals surface area contributed by atoms with Gasteiger partial charge in [0.05, 0.1) is 0 Å². The minimum absolute atomic E-state index is 0.107. The Kier molecular flexibility index (Phi) is 47.0. The SMILES string of the molecule is CC/C=C\C/C=C\C/C=C\C/C=C\CCCCCCCCCCCCCCC(=O)OCC(COC(=O)CCCCCCCC)OC(=O)CC/C=C\C/C=C\C/C=C\C/C=C\CC. The molecule has 0 aromatic heterocycles. The topological polar surface area (TPSA) is 78.9 Å². The second-order valence-corrected chi connectivity index (χ2v) is 16.3. The van der Waals surface area contributed by atoms with Gasteiger partial charge in [0, 0.05) is 19.3 Å². The highest BCUT2D eigenvalue weighted by atomic mass is 16.6. The maximum atomic E-state index is 12.7. The van der Waals surface area contributed by atoms with Crippen molar-refractivity contribution in [2.24, 2.45) is 0 Å². The van der Waals surface area contributed by atoms with E-state index in [0.29, 0.717) is 19.3 Å². The summed E-state index contributed by atoms with van der Waals surface area (Å²) in [5.74, 6) is -1.01. The maximum Gasteiger partial charge on any atom is 0.306 e. The van der Waals surface area contributed by atoms with E-state index in [0.717, 1.165) is 89.9 Å². The molecule has 0 fully saturated rings. The Balaban J connectivity index is 4.19. The quantitative estimate of drug-likeness (QED) is 0.0263. The number of ether oxygens (including phenoxy) is 3. The first-order valence-corrected chi connectivity index (χ1v) is 25.2. The molecule has 1 unspecified atom stereocenters. The van der Waals surface area contributed by atoms with Gasteiger partial charge in [-0.3, -0.25) is 14.4 Å². The molecule has 0 bridgehead atoms.